The maximum Gasteiger partial charge on any atom is 0.263 e. The highest BCUT2D eigenvalue weighted by atomic mass is 32.2. The standard InChI is InChI=1S/C15H20N2O3S2/c1-10-4-5-12(20-10)15-17-11(2)13(22-15)14(19)16-6-9-21-8-3-7-18/h4-5,18H,3,6-9H2,1-2H3,(H,16,19). The Morgan fingerprint density at radius 1 is 1.41 bits per heavy atom. The number of carbonyl (C=O) groups excluding carboxylic acids is 1. The topological polar surface area (TPSA) is 75.4 Å². The summed E-state index contributed by atoms with van der Waals surface area (Å²) in [5, 5.41) is 12.3. The van der Waals surface area contributed by atoms with E-state index in [-0.39, 0.29) is 12.5 Å². The molecule has 0 aromatic carbocycles. The predicted molar refractivity (Wildman–Crippen MR) is 90.7 cm³/mol. The minimum Gasteiger partial charge on any atom is -0.459 e. The Balaban J connectivity index is 1.89. The lowest BCUT2D eigenvalue weighted by Crippen LogP contribution is -2.25. The number of aromatic nitrogens is 1. The molecule has 2 aromatic rings. The van der Waals surface area contributed by atoms with E-state index in [1.165, 1.54) is 11.3 Å². The fourth-order valence-corrected chi connectivity index (χ4v) is 3.58. The van der Waals surface area contributed by atoms with Crippen molar-refractivity contribution in [1.82, 2.24) is 10.3 Å². The van der Waals surface area contributed by atoms with Gasteiger partial charge in [-0.05, 0) is 38.2 Å². The van der Waals surface area contributed by atoms with E-state index in [0.29, 0.717) is 17.2 Å². The van der Waals surface area contributed by atoms with Crippen LogP contribution in [0.25, 0.3) is 10.8 Å². The molecule has 0 saturated carbocycles. The van der Waals surface area contributed by atoms with Crippen LogP contribution >= 0.6 is 23.1 Å². The third kappa shape index (κ3) is 4.59. The van der Waals surface area contributed by atoms with Crippen molar-refractivity contribution in [2.24, 2.45) is 0 Å². The van der Waals surface area contributed by atoms with Gasteiger partial charge in [0.25, 0.3) is 5.91 Å². The minimum atomic E-state index is -0.0905. The van der Waals surface area contributed by atoms with Crippen LogP contribution in [0, 0.1) is 13.8 Å². The molecule has 2 heterocycles. The van der Waals surface area contributed by atoms with Crippen molar-refractivity contribution in [3.8, 4) is 10.8 Å². The summed E-state index contributed by atoms with van der Waals surface area (Å²) in [6.45, 7) is 4.54. The minimum absolute atomic E-state index is 0.0905. The van der Waals surface area contributed by atoms with E-state index in [0.717, 1.165) is 34.4 Å². The second-order valence-electron chi connectivity index (χ2n) is 4.79. The highest BCUT2D eigenvalue weighted by molar-refractivity contribution is 7.99. The number of amides is 1. The summed E-state index contributed by atoms with van der Waals surface area (Å²) in [4.78, 5) is 17.2. The SMILES string of the molecule is Cc1ccc(-c2nc(C)c(C(=O)NCCSCCCO)s2)o1. The first-order valence-electron chi connectivity index (χ1n) is 7.13. The molecule has 7 heteroatoms. The van der Waals surface area contributed by atoms with Crippen LogP contribution < -0.4 is 5.32 Å². The Bertz CT molecular complexity index is 622. The van der Waals surface area contributed by atoms with Crippen molar-refractivity contribution in [2.45, 2.75) is 20.3 Å². The molecule has 0 saturated heterocycles. The molecular weight excluding hydrogens is 320 g/mol. The van der Waals surface area contributed by atoms with Gasteiger partial charge in [-0.15, -0.1) is 11.3 Å². The largest absolute Gasteiger partial charge is 0.459 e. The van der Waals surface area contributed by atoms with E-state index in [1.807, 2.05) is 26.0 Å². The summed E-state index contributed by atoms with van der Waals surface area (Å²) >= 11 is 3.07. The van der Waals surface area contributed by atoms with Gasteiger partial charge in [-0.1, -0.05) is 0 Å². The summed E-state index contributed by atoms with van der Waals surface area (Å²) in [6.07, 6.45) is 0.790. The Kier molecular flexibility index (Phi) is 6.48. The van der Waals surface area contributed by atoms with Crippen molar-refractivity contribution in [2.75, 3.05) is 24.7 Å². The van der Waals surface area contributed by atoms with E-state index in [2.05, 4.69) is 10.3 Å². The number of nitrogens with one attached hydrogen (secondary N) is 1. The Hall–Kier alpha value is -1.31. The molecule has 5 nitrogen and oxygen atoms in total. The van der Waals surface area contributed by atoms with Crippen LogP contribution in [0.2, 0.25) is 0 Å². The molecule has 0 radical (unpaired) electrons. The zero-order valence-electron chi connectivity index (χ0n) is 12.7. The second-order valence-corrected chi connectivity index (χ2v) is 7.01. The predicted octanol–water partition coefficient (Wildman–Crippen LogP) is 2.87. The number of aryl methyl sites for hydroxylation is 2. The fourth-order valence-electron chi connectivity index (χ4n) is 1.85. The van der Waals surface area contributed by atoms with Crippen LogP contribution in [-0.4, -0.2) is 40.7 Å². The number of hydrogen-bond acceptors (Lipinski definition) is 6. The van der Waals surface area contributed by atoms with Crippen LogP contribution in [-0.2, 0) is 0 Å². The fraction of sp³-hybridized carbons (Fsp3) is 0.467. The van der Waals surface area contributed by atoms with Crippen LogP contribution in [0.3, 0.4) is 0 Å². The van der Waals surface area contributed by atoms with Crippen molar-refractivity contribution in [3.05, 3.63) is 28.5 Å². The molecule has 2 aromatic heterocycles. The van der Waals surface area contributed by atoms with Gasteiger partial charge in [0.1, 0.15) is 10.6 Å². The number of nitrogens with zero attached hydrogens (tertiary/aromatic N) is 1. The number of thiazole rings is 1. The lowest BCUT2D eigenvalue weighted by molar-refractivity contribution is 0.0959. The number of furan rings is 1. The van der Waals surface area contributed by atoms with E-state index in [1.54, 1.807) is 11.8 Å². The van der Waals surface area contributed by atoms with Crippen LogP contribution in [0.4, 0.5) is 0 Å². The Morgan fingerprint density at radius 2 is 2.23 bits per heavy atom. The van der Waals surface area contributed by atoms with Crippen LogP contribution in [0.15, 0.2) is 16.5 Å². The van der Waals surface area contributed by atoms with E-state index in [4.69, 9.17) is 9.52 Å². The van der Waals surface area contributed by atoms with Gasteiger partial charge >= 0.3 is 0 Å². The van der Waals surface area contributed by atoms with Gasteiger partial charge in [-0.25, -0.2) is 4.98 Å². The molecule has 0 fully saturated rings. The van der Waals surface area contributed by atoms with E-state index >= 15 is 0 Å². The summed E-state index contributed by atoms with van der Waals surface area (Å²) < 4.78 is 5.55. The van der Waals surface area contributed by atoms with Crippen molar-refractivity contribution in [1.29, 1.82) is 0 Å². The average Bonchev–Trinajstić information content (AvgIpc) is 3.08. The summed E-state index contributed by atoms with van der Waals surface area (Å²) in [5.74, 6) is 3.19. The first-order valence-corrected chi connectivity index (χ1v) is 9.10. The lowest BCUT2D eigenvalue weighted by Gasteiger charge is -2.03. The second kappa shape index (κ2) is 8.36. The Morgan fingerprint density at radius 3 is 2.91 bits per heavy atom. The zero-order chi connectivity index (χ0) is 15.9. The molecule has 0 aliphatic heterocycles. The molecule has 0 unspecified atom stereocenters. The molecule has 1 amide bonds. The molecular formula is C15H20N2O3S2. The molecule has 0 spiro atoms. The van der Waals surface area contributed by atoms with E-state index < -0.39 is 0 Å². The first-order chi connectivity index (χ1) is 10.6. The quantitative estimate of drug-likeness (QED) is 0.723. The van der Waals surface area contributed by atoms with Crippen molar-refractivity contribution < 1.29 is 14.3 Å². The molecule has 2 rings (SSSR count). The van der Waals surface area contributed by atoms with Gasteiger partial charge < -0.3 is 14.8 Å². The number of hydrogen-bond donors (Lipinski definition) is 2. The normalized spacial score (nSPS) is 10.9. The summed E-state index contributed by atoms with van der Waals surface area (Å²) in [6, 6.07) is 3.75. The average molecular weight is 340 g/mol. The lowest BCUT2D eigenvalue weighted by atomic mass is 10.3. The third-order valence-electron chi connectivity index (χ3n) is 2.93. The number of rotatable bonds is 8. The van der Waals surface area contributed by atoms with Crippen LogP contribution in [0.5, 0.6) is 0 Å². The summed E-state index contributed by atoms with van der Waals surface area (Å²) in [5.41, 5.74) is 0.722. The highest BCUT2D eigenvalue weighted by Crippen LogP contribution is 2.29. The maximum absolute atomic E-state index is 12.2. The molecule has 0 bridgehead atoms. The zero-order valence-corrected chi connectivity index (χ0v) is 14.4. The summed E-state index contributed by atoms with van der Waals surface area (Å²) in [7, 11) is 0. The number of aliphatic hydroxyl groups is 1. The molecule has 120 valence electrons. The number of thioether (sulfide) groups is 1. The Labute approximate surface area is 138 Å². The van der Waals surface area contributed by atoms with Gasteiger partial charge in [0.15, 0.2) is 10.8 Å². The first kappa shape index (κ1) is 17.1. The van der Waals surface area contributed by atoms with Gasteiger partial charge in [0, 0.05) is 18.9 Å². The number of aliphatic hydroxyl groups excluding tert-OH is 1. The van der Waals surface area contributed by atoms with Crippen molar-refractivity contribution >= 4 is 29.0 Å². The van der Waals surface area contributed by atoms with Gasteiger partial charge in [-0.3, -0.25) is 4.79 Å². The smallest absolute Gasteiger partial charge is 0.263 e. The van der Waals surface area contributed by atoms with Gasteiger partial charge in [-0.2, -0.15) is 11.8 Å². The number of carbonyl (C=O) groups is 1. The van der Waals surface area contributed by atoms with Crippen LogP contribution in [0.1, 0.15) is 27.5 Å². The molecule has 0 atom stereocenters. The maximum atomic E-state index is 12.2. The molecule has 0 aliphatic carbocycles. The highest BCUT2D eigenvalue weighted by Gasteiger charge is 2.17. The molecule has 2 N–H and O–H groups in total. The van der Waals surface area contributed by atoms with Gasteiger partial charge in [0.05, 0.1) is 5.69 Å². The van der Waals surface area contributed by atoms with E-state index in [9.17, 15) is 4.79 Å². The molecule has 0 aliphatic rings. The molecule has 22 heavy (non-hydrogen) atoms. The van der Waals surface area contributed by atoms with Crippen molar-refractivity contribution in [3.63, 3.8) is 0 Å². The van der Waals surface area contributed by atoms with Gasteiger partial charge in [0.2, 0.25) is 0 Å². The third-order valence-corrected chi connectivity index (χ3v) is 5.17. The monoisotopic (exact) mass is 340 g/mol.